The number of hydrogen-bond acceptors (Lipinski definition) is 2. The maximum Gasteiger partial charge on any atom is 0.230 e. The third-order valence-electron chi connectivity index (χ3n) is 1.55. The molecule has 0 radical (unpaired) electrons. The summed E-state index contributed by atoms with van der Waals surface area (Å²) in [5.41, 5.74) is 1.13. The maximum atomic E-state index is 10.8. The summed E-state index contributed by atoms with van der Waals surface area (Å²) < 4.78 is 1.81. The number of carbonyl (C=O) groups excluding carboxylic acids is 1. The lowest BCUT2D eigenvalue weighted by molar-refractivity contribution is -0.118. The van der Waals surface area contributed by atoms with Crippen LogP contribution in [0.2, 0.25) is 0 Å². The van der Waals surface area contributed by atoms with Gasteiger partial charge in [-0.15, -0.1) is 0 Å². The van der Waals surface area contributed by atoms with Crippen LogP contribution >= 0.6 is 15.9 Å². The first-order chi connectivity index (χ1) is 6.22. The summed E-state index contributed by atoms with van der Waals surface area (Å²) in [7, 11) is 0. The van der Waals surface area contributed by atoms with Crippen molar-refractivity contribution in [3.8, 4) is 0 Å². The van der Waals surface area contributed by atoms with Gasteiger partial charge in [-0.2, -0.15) is 5.10 Å². The van der Waals surface area contributed by atoms with Gasteiger partial charge in [0.2, 0.25) is 5.91 Å². The molecule has 0 spiro atoms. The summed E-state index contributed by atoms with van der Waals surface area (Å²) in [5.74, 6) is 0.00359. The smallest absolute Gasteiger partial charge is 0.230 e. The lowest BCUT2D eigenvalue weighted by atomic mass is 10.4. The molecule has 0 aromatic carbocycles. The molecule has 0 aliphatic heterocycles. The summed E-state index contributed by atoms with van der Waals surface area (Å²) in [6.07, 6.45) is 3.74. The minimum absolute atomic E-state index is 0.00359. The number of nitrogens with zero attached hydrogens (tertiary/aromatic N) is 2. The molecule has 5 heteroatoms. The Bertz CT molecular complexity index is 285. The zero-order valence-corrected chi connectivity index (χ0v) is 9.04. The molecule has 1 aromatic heterocycles. The first-order valence-corrected chi connectivity index (χ1v) is 5.16. The Labute approximate surface area is 85.4 Å². The van der Waals surface area contributed by atoms with Crippen LogP contribution in [-0.2, 0) is 11.3 Å². The number of aryl methyl sites for hydroxylation is 1. The number of hydrogen-bond donors (Lipinski definition) is 1. The van der Waals surface area contributed by atoms with E-state index in [9.17, 15) is 4.79 Å². The third kappa shape index (κ3) is 3.59. The van der Waals surface area contributed by atoms with Crippen molar-refractivity contribution in [3.05, 3.63) is 18.0 Å². The van der Waals surface area contributed by atoms with Crippen molar-refractivity contribution < 1.29 is 4.79 Å². The molecule has 0 bridgehead atoms. The fourth-order valence-electron chi connectivity index (χ4n) is 0.946. The molecule has 1 amide bonds. The first-order valence-electron chi connectivity index (χ1n) is 4.04. The van der Waals surface area contributed by atoms with E-state index in [1.54, 1.807) is 6.20 Å². The number of aromatic nitrogens is 2. The second-order valence-electron chi connectivity index (χ2n) is 2.76. The van der Waals surface area contributed by atoms with Gasteiger partial charge in [0.15, 0.2) is 0 Å². The Morgan fingerprint density at radius 2 is 2.54 bits per heavy atom. The lowest BCUT2D eigenvalue weighted by Crippen LogP contribution is -2.27. The Balaban J connectivity index is 2.24. The van der Waals surface area contributed by atoms with Crippen molar-refractivity contribution in [2.75, 3.05) is 11.9 Å². The Kier molecular flexibility index (Phi) is 3.95. The van der Waals surface area contributed by atoms with Crippen LogP contribution in [0, 0.1) is 6.92 Å². The monoisotopic (exact) mass is 245 g/mol. The highest BCUT2D eigenvalue weighted by Crippen LogP contribution is 1.92. The highest BCUT2D eigenvalue weighted by molar-refractivity contribution is 9.09. The van der Waals surface area contributed by atoms with Gasteiger partial charge in [0.25, 0.3) is 0 Å². The van der Waals surface area contributed by atoms with E-state index in [1.807, 2.05) is 17.8 Å². The van der Waals surface area contributed by atoms with Crippen molar-refractivity contribution in [1.29, 1.82) is 0 Å². The van der Waals surface area contributed by atoms with Gasteiger partial charge in [-0.25, -0.2) is 0 Å². The molecule has 0 unspecified atom stereocenters. The maximum absolute atomic E-state index is 10.8. The summed E-state index contributed by atoms with van der Waals surface area (Å²) in [6.45, 7) is 3.32. The van der Waals surface area contributed by atoms with Gasteiger partial charge in [0, 0.05) is 12.7 Å². The molecular weight excluding hydrogens is 234 g/mol. The van der Waals surface area contributed by atoms with Gasteiger partial charge < -0.3 is 5.32 Å². The standard InChI is InChI=1S/C8H12BrN3O/c1-7-5-11-12(6-7)3-2-10-8(13)4-9/h5-6H,2-4H2,1H3,(H,10,13). The Morgan fingerprint density at radius 1 is 1.77 bits per heavy atom. The molecule has 1 rings (SSSR count). The average molecular weight is 246 g/mol. The molecule has 0 fully saturated rings. The van der Waals surface area contributed by atoms with Crippen LogP contribution in [0.25, 0.3) is 0 Å². The molecule has 0 aliphatic rings. The van der Waals surface area contributed by atoms with Crippen molar-refractivity contribution in [2.45, 2.75) is 13.5 Å². The quantitative estimate of drug-likeness (QED) is 0.795. The molecule has 0 aliphatic carbocycles. The van der Waals surface area contributed by atoms with E-state index in [0.29, 0.717) is 18.4 Å². The third-order valence-corrected chi connectivity index (χ3v) is 2.06. The number of carbonyl (C=O) groups is 1. The highest BCUT2D eigenvalue weighted by atomic mass is 79.9. The van der Waals surface area contributed by atoms with Gasteiger partial charge in [0.1, 0.15) is 0 Å². The van der Waals surface area contributed by atoms with Crippen LogP contribution in [0.4, 0.5) is 0 Å². The minimum atomic E-state index is 0.00359. The molecule has 4 nitrogen and oxygen atoms in total. The second-order valence-corrected chi connectivity index (χ2v) is 3.33. The number of halogens is 1. The topological polar surface area (TPSA) is 46.9 Å². The van der Waals surface area contributed by atoms with Crippen LogP contribution in [-0.4, -0.2) is 27.6 Å². The Morgan fingerprint density at radius 3 is 3.08 bits per heavy atom. The summed E-state index contributed by atoms with van der Waals surface area (Å²) in [6, 6.07) is 0. The molecule has 0 saturated carbocycles. The average Bonchev–Trinajstić information content (AvgIpc) is 2.51. The summed E-state index contributed by atoms with van der Waals surface area (Å²) >= 11 is 3.07. The minimum Gasteiger partial charge on any atom is -0.354 e. The molecule has 72 valence electrons. The first kappa shape index (κ1) is 10.2. The number of nitrogens with one attached hydrogen (secondary N) is 1. The largest absolute Gasteiger partial charge is 0.354 e. The van der Waals surface area contributed by atoms with E-state index in [4.69, 9.17) is 0 Å². The zero-order chi connectivity index (χ0) is 9.68. The molecule has 13 heavy (non-hydrogen) atoms. The van der Waals surface area contributed by atoms with E-state index in [1.165, 1.54) is 0 Å². The van der Waals surface area contributed by atoms with Gasteiger partial charge >= 0.3 is 0 Å². The van der Waals surface area contributed by atoms with Crippen LogP contribution < -0.4 is 5.32 Å². The van der Waals surface area contributed by atoms with Crippen molar-refractivity contribution in [2.24, 2.45) is 0 Å². The predicted octanol–water partition coefficient (Wildman–Crippen LogP) is 0.703. The highest BCUT2D eigenvalue weighted by Gasteiger charge is 1.97. The number of rotatable bonds is 4. The van der Waals surface area contributed by atoms with Crippen LogP contribution in [0.15, 0.2) is 12.4 Å². The van der Waals surface area contributed by atoms with Crippen LogP contribution in [0.5, 0.6) is 0 Å². The summed E-state index contributed by atoms with van der Waals surface area (Å²) in [4.78, 5) is 10.8. The van der Waals surface area contributed by atoms with Crippen LogP contribution in [0.3, 0.4) is 0 Å². The molecule has 1 aromatic rings. The van der Waals surface area contributed by atoms with E-state index < -0.39 is 0 Å². The SMILES string of the molecule is Cc1cnn(CCNC(=O)CBr)c1. The lowest BCUT2D eigenvalue weighted by Gasteiger charge is -2.02. The van der Waals surface area contributed by atoms with E-state index in [-0.39, 0.29) is 5.91 Å². The van der Waals surface area contributed by atoms with Gasteiger partial charge in [-0.05, 0) is 12.5 Å². The van der Waals surface area contributed by atoms with E-state index in [0.717, 1.165) is 5.56 Å². The van der Waals surface area contributed by atoms with Gasteiger partial charge in [0.05, 0.1) is 18.1 Å². The molecule has 0 atom stereocenters. The molecule has 0 saturated heterocycles. The molecule has 1 heterocycles. The molecular formula is C8H12BrN3O. The van der Waals surface area contributed by atoms with Crippen molar-refractivity contribution in [3.63, 3.8) is 0 Å². The van der Waals surface area contributed by atoms with Crippen molar-refractivity contribution in [1.82, 2.24) is 15.1 Å². The summed E-state index contributed by atoms with van der Waals surface area (Å²) in [5, 5.41) is 7.19. The van der Waals surface area contributed by atoms with E-state index in [2.05, 4.69) is 26.3 Å². The second kappa shape index (κ2) is 5.01. The van der Waals surface area contributed by atoms with Gasteiger partial charge in [-0.1, -0.05) is 15.9 Å². The number of alkyl halides is 1. The zero-order valence-electron chi connectivity index (χ0n) is 7.46. The van der Waals surface area contributed by atoms with E-state index >= 15 is 0 Å². The fraction of sp³-hybridized carbons (Fsp3) is 0.500. The fourth-order valence-corrected chi connectivity index (χ4v) is 1.14. The van der Waals surface area contributed by atoms with Gasteiger partial charge in [-0.3, -0.25) is 9.48 Å². The molecule has 1 N–H and O–H groups in total. The van der Waals surface area contributed by atoms with Crippen molar-refractivity contribution >= 4 is 21.8 Å². The normalized spacial score (nSPS) is 10.0. The predicted molar refractivity (Wildman–Crippen MR) is 53.8 cm³/mol. The number of amides is 1. The Hall–Kier alpha value is -0.840. The van der Waals surface area contributed by atoms with Crippen LogP contribution in [0.1, 0.15) is 5.56 Å².